The molecule has 0 N–H and O–H groups in total. The van der Waals surface area contributed by atoms with Crippen molar-refractivity contribution in [1.29, 1.82) is 0 Å². The minimum atomic E-state index is -0.0368. The van der Waals surface area contributed by atoms with Gasteiger partial charge >= 0.3 is 0 Å². The number of hydrogen-bond donors (Lipinski definition) is 0. The first-order valence-corrected chi connectivity index (χ1v) is 13.0. The van der Waals surface area contributed by atoms with Gasteiger partial charge in [-0.2, -0.15) is 0 Å². The van der Waals surface area contributed by atoms with Gasteiger partial charge in [0, 0.05) is 0 Å². The topological polar surface area (TPSA) is 0 Å². The zero-order chi connectivity index (χ0) is 20.9. The van der Waals surface area contributed by atoms with Crippen LogP contribution < -0.4 is 0 Å². The van der Waals surface area contributed by atoms with E-state index in [0.29, 0.717) is 0 Å². The molecule has 3 rings (SSSR count). The van der Waals surface area contributed by atoms with Crippen molar-refractivity contribution in [3.05, 3.63) is 90.5 Å². The van der Waals surface area contributed by atoms with Crippen molar-refractivity contribution >= 4 is 10.9 Å². The van der Waals surface area contributed by atoms with Gasteiger partial charge in [-0.15, -0.1) is 0 Å². The molecule has 0 bridgehead atoms. The van der Waals surface area contributed by atoms with Gasteiger partial charge in [0.25, 0.3) is 0 Å². The highest BCUT2D eigenvalue weighted by molar-refractivity contribution is 7.97. The summed E-state index contributed by atoms with van der Waals surface area (Å²) in [5.41, 5.74) is 1.48. The van der Waals surface area contributed by atoms with Gasteiger partial charge in [0.2, 0.25) is 0 Å². The van der Waals surface area contributed by atoms with Crippen LogP contribution in [-0.2, 0) is 17.3 Å². The Morgan fingerprint density at radius 3 is 1.40 bits per heavy atom. The fourth-order valence-corrected chi connectivity index (χ4v) is 6.04. The molecular weight excluding hydrogens is 380 g/mol. The molecule has 0 nitrogen and oxygen atoms in total. The quantitative estimate of drug-likeness (QED) is 0.192. The summed E-state index contributed by atoms with van der Waals surface area (Å²) in [4.78, 5) is 4.18. The van der Waals surface area contributed by atoms with E-state index >= 15 is 0 Å². The van der Waals surface area contributed by atoms with Crippen molar-refractivity contribution in [2.24, 2.45) is 0 Å². The second kappa shape index (κ2) is 13.3. The van der Waals surface area contributed by atoms with E-state index in [4.69, 9.17) is 0 Å². The molecule has 0 unspecified atom stereocenters. The van der Waals surface area contributed by atoms with E-state index in [0.717, 1.165) is 0 Å². The van der Waals surface area contributed by atoms with E-state index in [9.17, 15) is 0 Å². The molecule has 0 heterocycles. The molecule has 0 radical (unpaired) electrons. The summed E-state index contributed by atoms with van der Waals surface area (Å²) in [6.45, 7) is 2.29. The molecule has 0 saturated carbocycles. The van der Waals surface area contributed by atoms with Gasteiger partial charge in [0.1, 0.15) is 0 Å². The van der Waals surface area contributed by atoms with Gasteiger partial charge in [-0.1, -0.05) is 107 Å². The number of unbranched alkanes of at least 4 members (excludes halogenated alkanes) is 8. The number of benzene rings is 3. The Labute approximate surface area is 187 Å². The summed E-state index contributed by atoms with van der Waals surface area (Å²) in [6, 6.07) is 31.2. The predicted octanol–water partition coefficient (Wildman–Crippen LogP) is 8.86. The van der Waals surface area contributed by atoms with Crippen molar-refractivity contribution in [3.63, 3.8) is 0 Å². The standard InChI is InChI=1S/C29H37S/c1-2-3-4-5-6-7-8-9-12-17-26-22-24-29(25-23-26)30(27-18-13-10-14-19-27)28-20-15-11-16-21-28/h10-11,13-16,18-25H,2-9,12,17H2,1H3/q+1. The molecule has 0 spiro atoms. The molecule has 0 aliphatic carbocycles. The van der Waals surface area contributed by atoms with Gasteiger partial charge in [0.15, 0.2) is 14.7 Å². The Kier molecular flexibility index (Phi) is 10.1. The first-order chi connectivity index (χ1) is 14.9. The summed E-state index contributed by atoms with van der Waals surface area (Å²) in [5, 5.41) is 0. The first-order valence-electron chi connectivity index (χ1n) is 11.8. The molecule has 1 heteroatoms. The molecule has 0 aliphatic rings. The van der Waals surface area contributed by atoms with Gasteiger partial charge in [-0.3, -0.25) is 0 Å². The second-order valence-electron chi connectivity index (χ2n) is 8.15. The molecule has 0 saturated heterocycles. The van der Waals surface area contributed by atoms with Crippen LogP contribution in [0.2, 0.25) is 0 Å². The second-order valence-corrected chi connectivity index (χ2v) is 10.2. The first kappa shape index (κ1) is 22.7. The summed E-state index contributed by atoms with van der Waals surface area (Å²) < 4.78 is 0. The van der Waals surface area contributed by atoms with Crippen LogP contribution in [0, 0.1) is 0 Å². The molecule has 158 valence electrons. The number of rotatable bonds is 13. The zero-order valence-corrected chi connectivity index (χ0v) is 19.4. The van der Waals surface area contributed by atoms with E-state index in [2.05, 4.69) is 91.9 Å². The van der Waals surface area contributed by atoms with Crippen molar-refractivity contribution < 1.29 is 0 Å². The van der Waals surface area contributed by atoms with Gasteiger partial charge in [-0.25, -0.2) is 0 Å². The van der Waals surface area contributed by atoms with E-state index in [1.165, 1.54) is 84.5 Å². The van der Waals surface area contributed by atoms with Gasteiger partial charge in [0.05, 0.1) is 10.9 Å². The van der Waals surface area contributed by atoms with E-state index in [1.807, 2.05) is 0 Å². The summed E-state index contributed by atoms with van der Waals surface area (Å²) in [7, 11) is -0.0368. The maximum absolute atomic E-state index is 2.35. The van der Waals surface area contributed by atoms with E-state index in [1.54, 1.807) is 0 Å². The molecule has 0 atom stereocenters. The Hall–Kier alpha value is -1.99. The molecule has 0 amide bonds. The van der Waals surface area contributed by atoms with Crippen LogP contribution in [0.25, 0.3) is 0 Å². The highest BCUT2D eigenvalue weighted by atomic mass is 32.2. The van der Waals surface area contributed by atoms with Crippen LogP contribution in [0.15, 0.2) is 99.6 Å². The minimum absolute atomic E-state index is 0.0368. The van der Waals surface area contributed by atoms with Gasteiger partial charge in [-0.05, 0) is 54.8 Å². The lowest BCUT2D eigenvalue weighted by Crippen LogP contribution is -2.04. The highest BCUT2D eigenvalue weighted by Crippen LogP contribution is 2.31. The van der Waals surface area contributed by atoms with Crippen LogP contribution in [0.1, 0.15) is 70.3 Å². The predicted molar refractivity (Wildman–Crippen MR) is 132 cm³/mol. The Bertz CT molecular complexity index is 769. The van der Waals surface area contributed by atoms with E-state index < -0.39 is 0 Å². The smallest absolute Gasteiger partial charge is 0.0654 e. The Morgan fingerprint density at radius 2 is 0.900 bits per heavy atom. The Morgan fingerprint density at radius 1 is 0.467 bits per heavy atom. The number of aryl methyl sites for hydroxylation is 1. The van der Waals surface area contributed by atoms with E-state index in [-0.39, 0.29) is 10.9 Å². The largest absolute Gasteiger partial charge is 0.166 e. The van der Waals surface area contributed by atoms with Crippen molar-refractivity contribution in [2.75, 3.05) is 0 Å². The van der Waals surface area contributed by atoms with Crippen molar-refractivity contribution in [3.8, 4) is 0 Å². The molecule has 0 aliphatic heterocycles. The highest BCUT2D eigenvalue weighted by Gasteiger charge is 2.27. The third-order valence-electron chi connectivity index (χ3n) is 5.69. The maximum atomic E-state index is 2.35. The van der Waals surface area contributed by atoms with Crippen LogP contribution in [0.3, 0.4) is 0 Å². The number of hydrogen-bond acceptors (Lipinski definition) is 0. The monoisotopic (exact) mass is 417 g/mol. The average molecular weight is 418 g/mol. The van der Waals surface area contributed by atoms with Crippen molar-refractivity contribution in [2.45, 2.75) is 85.8 Å². The lowest BCUT2D eigenvalue weighted by atomic mass is 10.0. The molecular formula is C29H37S+. The zero-order valence-electron chi connectivity index (χ0n) is 18.6. The summed E-state index contributed by atoms with van der Waals surface area (Å²) in [5.74, 6) is 0. The third-order valence-corrected chi connectivity index (χ3v) is 7.92. The molecule has 30 heavy (non-hydrogen) atoms. The fraction of sp³-hybridized carbons (Fsp3) is 0.379. The molecule has 3 aromatic rings. The van der Waals surface area contributed by atoms with Crippen molar-refractivity contribution in [1.82, 2.24) is 0 Å². The minimum Gasteiger partial charge on any atom is -0.0654 e. The summed E-state index contributed by atoms with van der Waals surface area (Å²) in [6.07, 6.45) is 13.7. The van der Waals surface area contributed by atoms with Crippen LogP contribution in [0.5, 0.6) is 0 Å². The van der Waals surface area contributed by atoms with Crippen LogP contribution in [0.4, 0.5) is 0 Å². The fourth-order valence-electron chi connectivity index (χ4n) is 3.95. The van der Waals surface area contributed by atoms with Crippen LogP contribution in [-0.4, -0.2) is 0 Å². The van der Waals surface area contributed by atoms with Crippen LogP contribution >= 0.6 is 0 Å². The third kappa shape index (κ3) is 7.36. The summed E-state index contributed by atoms with van der Waals surface area (Å²) >= 11 is 0. The Balaban J connectivity index is 1.52. The SMILES string of the molecule is CCCCCCCCCCCc1ccc([S+](c2ccccc2)c2ccccc2)cc1. The maximum Gasteiger partial charge on any atom is 0.166 e. The molecule has 0 fully saturated rings. The average Bonchev–Trinajstić information content (AvgIpc) is 2.81. The normalized spacial score (nSPS) is 11.1. The lowest BCUT2D eigenvalue weighted by molar-refractivity contribution is 0.565. The van der Waals surface area contributed by atoms with Gasteiger partial charge < -0.3 is 0 Å². The molecule has 0 aromatic heterocycles. The lowest BCUT2D eigenvalue weighted by Gasteiger charge is -2.09. The molecule has 3 aromatic carbocycles.